The number of oxazole rings is 1. The van der Waals surface area contributed by atoms with Gasteiger partial charge in [-0.05, 0) is 65.1 Å². The van der Waals surface area contributed by atoms with Crippen LogP contribution in [0.5, 0.6) is 0 Å². The first-order chi connectivity index (χ1) is 11.5. The molecule has 0 bridgehead atoms. The SMILES string of the molecule is Cc1cnc(NCC2CCN(Cc3nc(C)c(C)o3)CC2)nc1C. The van der Waals surface area contributed by atoms with Crippen LogP contribution in [-0.4, -0.2) is 39.5 Å². The van der Waals surface area contributed by atoms with Crippen molar-refractivity contribution in [2.24, 2.45) is 5.92 Å². The standard InChI is InChI=1S/C18H27N5O/c1-12-9-19-18(22-13(12)2)20-10-16-5-7-23(8-6-16)11-17-21-14(3)15(4)24-17/h9,16H,5-8,10-11H2,1-4H3,(H,19,20,22). The van der Waals surface area contributed by atoms with Crippen molar-refractivity contribution in [1.29, 1.82) is 0 Å². The van der Waals surface area contributed by atoms with Crippen LogP contribution in [0.4, 0.5) is 5.95 Å². The highest BCUT2D eigenvalue weighted by atomic mass is 16.4. The van der Waals surface area contributed by atoms with Crippen LogP contribution in [0.3, 0.4) is 0 Å². The highest BCUT2D eigenvalue weighted by Crippen LogP contribution is 2.20. The fourth-order valence-corrected chi connectivity index (χ4v) is 2.99. The van der Waals surface area contributed by atoms with E-state index >= 15 is 0 Å². The number of hydrogen-bond acceptors (Lipinski definition) is 6. The van der Waals surface area contributed by atoms with Gasteiger partial charge in [-0.3, -0.25) is 4.90 Å². The number of piperidine rings is 1. The van der Waals surface area contributed by atoms with Crippen LogP contribution in [-0.2, 0) is 6.54 Å². The average molecular weight is 329 g/mol. The molecule has 1 aliphatic heterocycles. The first kappa shape index (κ1) is 16.9. The van der Waals surface area contributed by atoms with Gasteiger partial charge in [-0.2, -0.15) is 0 Å². The molecule has 0 aliphatic carbocycles. The summed E-state index contributed by atoms with van der Waals surface area (Å²) in [7, 11) is 0. The van der Waals surface area contributed by atoms with Crippen molar-refractivity contribution < 1.29 is 4.42 Å². The fraction of sp³-hybridized carbons (Fsp3) is 0.611. The number of aryl methyl sites for hydroxylation is 4. The Morgan fingerprint density at radius 1 is 1.12 bits per heavy atom. The highest BCUT2D eigenvalue weighted by molar-refractivity contribution is 5.28. The van der Waals surface area contributed by atoms with E-state index in [2.05, 4.69) is 25.2 Å². The van der Waals surface area contributed by atoms with E-state index in [1.165, 1.54) is 12.8 Å². The summed E-state index contributed by atoms with van der Waals surface area (Å²) in [5.41, 5.74) is 3.17. The summed E-state index contributed by atoms with van der Waals surface area (Å²) < 4.78 is 5.69. The molecule has 2 aromatic heterocycles. The molecule has 3 heterocycles. The summed E-state index contributed by atoms with van der Waals surface area (Å²) in [5.74, 6) is 3.17. The second-order valence-electron chi connectivity index (χ2n) is 6.81. The lowest BCUT2D eigenvalue weighted by molar-refractivity contribution is 0.167. The molecule has 0 spiro atoms. The normalized spacial score (nSPS) is 16.5. The molecule has 0 aromatic carbocycles. The summed E-state index contributed by atoms with van der Waals surface area (Å²) >= 11 is 0. The number of anilines is 1. The minimum absolute atomic E-state index is 0.666. The molecule has 130 valence electrons. The molecule has 0 unspecified atom stereocenters. The number of rotatable bonds is 5. The van der Waals surface area contributed by atoms with E-state index in [4.69, 9.17) is 4.42 Å². The highest BCUT2D eigenvalue weighted by Gasteiger charge is 2.21. The lowest BCUT2D eigenvalue weighted by atomic mass is 9.97. The minimum Gasteiger partial charge on any atom is -0.444 e. The number of likely N-dealkylation sites (tertiary alicyclic amines) is 1. The van der Waals surface area contributed by atoms with Gasteiger partial charge < -0.3 is 9.73 Å². The Bertz CT molecular complexity index is 669. The maximum Gasteiger partial charge on any atom is 0.222 e. The molecule has 1 saturated heterocycles. The predicted molar refractivity (Wildman–Crippen MR) is 94.0 cm³/mol. The first-order valence-corrected chi connectivity index (χ1v) is 8.70. The smallest absolute Gasteiger partial charge is 0.222 e. The molecular weight excluding hydrogens is 302 g/mol. The van der Waals surface area contributed by atoms with E-state index < -0.39 is 0 Å². The largest absolute Gasteiger partial charge is 0.444 e. The van der Waals surface area contributed by atoms with Gasteiger partial charge in [-0.15, -0.1) is 0 Å². The summed E-state index contributed by atoms with van der Waals surface area (Å²) in [6.07, 6.45) is 4.24. The van der Waals surface area contributed by atoms with E-state index in [0.717, 1.165) is 60.7 Å². The Morgan fingerprint density at radius 3 is 2.50 bits per heavy atom. The van der Waals surface area contributed by atoms with Gasteiger partial charge in [-0.25, -0.2) is 15.0 Å². The molecule has 0 saturated carbocycles. The summed E-state index contributed by atoms with van der Waals surface area (Å²) in [6, 6.07) is 0. The van der Waals surface area contributed by atoms with E-state index in [-0.39, 0.29) is 0 Å². The van der Waals surface area contributed by atoms with Crippen molar-refractivity contribution in [1.82, 2.24) is 19.9 Å². The predicted octanol–water partition coefficient (Wildman–Crippen LogP) is 3.02. The van der Waals surface area contributed by atoms with Gasteiger partial charge in [0.05, 0.1) is 12.2 Å². The average Bonchev–Trinajstić information content (AvgIpc) is 2.88. The third kappa shape index (κ3) is 4.12. The Kier molecular flexibility index (Phi) is 5.14. The second kappa shape index (κ2) is 7.30. The maximum absolute atomic E-state index is 5.69. The third-order valence-electron chi connectivity index (χ3n) is 4.91. The van der Waals surface area contributed by atoms with Crippen molar-refractivity contribution in [2.75, 3.05) is 25.0 Å². The Morgan fingerprint density at radius 2 is 1.88 bits per heavy atom. The maximum atomic E-state index is 5.69. The lowest BCUT2D eigenvalue weighted by Gasteiger charge is -2.31. The summed E-state index contributed by atoms with van der Waals surface area (Å²) in [6.45, 7) is 11.9. The minimum atomic E-state index is 0.666. The molecular formula is C18H27N5O. The summed E-state index contributed by atoms with van der Waals surface area (Å²) in [4.78, 5) is 15.7. The second-order valence-corrected chi connectivity index (χ2v) is 6.81. The Balaban J connectivity index is 1.44. The quantitative estimate of drug-likeness (QED) is 0.909. The van der Waals surface area contributed by atoms with Crippen LogP contribution in [0.15, 0.2) is 10.6 Å². The van der Waals surface area contributed by atoms with Gasteiger partial charge in [0.1, 0.15) is 5.76 Å². The van der Waals surface area contributed by atoms with Gasteiger partial charge in [0.2, 0.25) is 11.8 Å². The molecule has 6 heteroatoms. The molecule has 24 heavy (non-hydrogen) atoms. The zero-order chi connectivity index (χ0) is 17.1. The molecule has 1 N–H and O–H groups in total. The van der Waals surface area contributed by atoms with Crippen LogP contribution in [0.1, 0.15) is 41.4 Å². The van der Waals surface area contributed by atoms with Crippen molar-refractivity contribution in [3.63, 3.8) is 0 Å². The molecule has 3 rings (SSSR count). The summed E-state index contributed by atoms with van der Waals surface area (Å²) in [5, 5.41) is 3.39. The molecule has 1 aliphatic rings. The van der Waals surface area contributed by atoms with Crippen LogP contribution >= 0.6 is 0 Å². The molecule has 0 radical (unpaired) electrons. The topological polar surface area (TPSA) is 67.1 Å². The zero-order valence-electron chi connectivity index (χ0n) is 15.1. The molecule has 0 atom stereocenters. The molecule has 0 amide bonds. The molecule has 2 aromatic rings. The number of hydrogen-bond donors (Lipinski definition) is 1. The number of aromatic nitrogens is 3. The molecule has 6 nitrogen and oxygen atoms in total. The van der Waals surface area contributed by atoms with Gasteiger partial charge in [0.25, 0.3) is 0 Å². The number of nitrogens with one attached hydrogen (secondary N) is 1. The monoisotopic (exact) mass is 329 g/mol. The zero-order valence-corrected chi connectivity index (χ0v) is 15.1. The van der Waals surface area contributed by atoms with Gasteiger partial charge in [0.15, 0.2) is 0 Å². The number of nitrogens with zero attached hydrogens (tertiary/aromatic N) is 4. The van der Waals surface area contributed by atoms with Crippen molar-refractivity contribution >= 4 is 5.95 Å². The van der Waals surface area contributed by atoms with Crippen LogP contribution in [0, 0.1) is 33.6 Å². The Hall–Kier alpha value is -1.95. The van der Waals surface area contributed by atoms with Crippen molar-refractivity contribution in [2.45, 2.75) is 47.1 Å². The van der Waals surface area contributed by atoms with Crippen molar-refractivity contribution in [3.8, 4) is 0 Å². The van der Waals surface area contributed by atoms with Crippen LogP contribution in [0.2, 0.25) is 0 Å². The van der Waals surface area contributed by atoms with Crippen molar-refractivity contribution in [3.05, 3.63) is 34.8 Å². The first-order valence-electron chi connectivity index (χ1n) is 8.70. The van der Waals surface area contributed by atoms with E-state index in [1.807, 2.05) is 33.9 Å². The van der Waals surface area contributed by atoms with Gasteiger partial charge >= 0.3 is 0 Å². The molecule has 1 fully saturated rings. The van der Waals surface area contributed by atoms with E-state index in [0.29, 0.717) is 5.92 Å². The van der Waals surface area contributed by atoms with Gasteiger partial charge in [0, 0.05) is 18.4 Å². The van der Waals surface area contributed by atoms with E-state index in [1.54, 1.807) is 0 Å². The third-order valence-corrected chi connectivity index (χ3v) is 4.91. The van der Waals surface area contributed by atoms with Crippen LogP contribution in [0.25, 0.3) is 0 Å². The van der Waals surface area contributed by atoms with E-state index in [9.17, 15) is 0 Å². The lowest BCUT2D eigenvalue weighted by Crippen LogP contribution is -2.35. The Labute approximate surface area is 143 Å². The van der Waals surface area contributed by atoms with Crippen LogP contribution < -0.4 is 5.32 Å². The fourth-order valence-electron chi connectivity index (χ4n) is 2.99. The van der Waals surface area contributed by atoms with Gasteiger partial charge in [-0.1, -0.05) is 0 Å².